The van der Waals surface area contributed by atoms with Crippen LogP contribution in [0.1, 0.15) is 24.2 Å². The highest BCUT2D eigenvalue weighted by Gasteiger charge is 2.28. The molecule has 1 heterocycles. The van der Waals surface area contributed by atoms with E-state index in [0.717, 1.165) is 0 Å². The molecule has 2 atom stereocenters. The van der Waals surface area contributed by atoms with Gasteiger partial charge in [0.1, 0.15) is 5.75 Å². The summed E-state index contributed by atoms with van der Waals surface area (Å²) in [5.74, 6) is 0.496. The number of benzene rings is 1. The fourth-order valence-electron chi connectivity index (χ4n) is 2.58. The number of methoxy groups -OCH3 is 1. The van der Waals surface area contributed by atoms with Crippen molar-refractivity contribution in [2.45, 2.75) is 19.9 Å². The maximum Gasteiger partial charge on any atom is 0.254 e. The highest BCUT2D eigenvalue weighted by atomic mass is 35.5. The minimum absolute atomic E-state index is 0. The molecule has 1 saturated heterocycles. The van der Waals surface area contributed by atoms with Crippen LogP contribution < -0.4 is 10.5 Å². The molecule has 1 aromatic carbocycles. The molecule has 24 heavy (non-hydrogen) atoms. The fourth-order valence-corrected chi connectivity index (χ4v) is 2.58. The monoisotopic (exact) mass is 355 g/mol. The summed E-state index contributed by atoms with van der Waals surface area (Å²) in [6.45, 7) is 5.85. The second kappa shape index (κ2) is 8.89. The average molecular weight is 356 g/mol. The van der Waals surface area contributed by atoms with E-state index in [1.165, 1.54) is 0 Å². The van der Waals surface area contributed by atoms with E-state index in [4.69, 9.17) is 10.5 Å². The largest absolute Gasteiger partial charge is 0.497 e. The Labute approximate surface area is 149 Å². The standard InChI is InChI=1S/C17H25N3O3.ClH/c1-12(13(2)18)16(21)19-7-9-20(10-8-19)17(22)14-5-4-6-15(11-14)23-3;/h4-6,11-13H,7-10,18H2,1-3H3;1H. The molecule has 0 spiro atoms. The van der Waals surface area contributed by atoms with Gasteiger partial charge in [0.15, 0.2) is 0 Å². The van der Waals surface area contributed by atoms with E-state index in [-0.39, 0.29) is 36.2 Å². The first-order valence-corrected chi connectivity index (χ1v) is 7.91. The van der Waals surface area contributed by atoms with Crippen LogP contribution in [0.15, 0.2) is 24.3 Å². The number of ether oxygens (including phenoxy) is 1. The van der Waals surface area contributed by atoms with Crippen LogP contribution in [0, 0.1) is 5.92 Å². The van der Waals surface area contributed by atoms with E-state index in [9.17, 15) is 9.59 Å². The predicted molar refractivity (Wildman–Crippen MR) is 95.5 cm³/mol. The lowest BCUT2D eigenvalue weighted by atomic mass is 10.0. The molecule has 1 aromatic rings. The van der Waals surface area contributed by atoms with E-state index >= 15 is 0 Å². The van der Waals surface area contributed by atoms with Crippen LogP contribution in [0.4, 0.5) is 0 Å². The van der Waals surface area contributed by atoms with Gasteiger partial charge < -0.3 is 20.3 Å². The summed E-state index contributed by atoms with van der Waals surface area (Å²) in [5.41, 5.74) is 6.40. The molecule has 1 fully saturated rings. The number of rotatable bonds is 4. The van der Waals surface area contributed by atoms with Gasteiger partial charge in [-0.2, -0.15) is 0 Å². The van der Waals surface area contributed by atoms with Gasteiger partial charge >= 0.3 is 0 Å². The van der Waals surface area contributed by atoms with E-state index < -0.39 is 0 Å². The van der Waals surface area contributed by atoms with Crippen LogP contribution in [0.2, 0.25) is 0 Å². The van der Waals surface area contributed by atoms with Crippen molar-refractivity contribution in [3.05, 3.63) is 29.8 Å². The van der Waals surface area contributed by atoms with Crippen molar-refractivity contribution in [3.63, 3.8) is 0 Å². The number of nitrogens with two attached hydrogens (primary N) is 1. The van der Waals surface area contributed by atoms with Crippen LogP contribution in [0.5, 0.6) is 5.75 Å². The Bertz CT molecular complexity index is 572. The molecule has 2 N–H and O–H groups in total. The molecule has 2 rings (SSSR count). The van der Waals surface area contributed by atoms with Crippen LogP contribution in [-0.4, -0.2) is 60.9 Å². The maximum absolute atomic E-state index is 12.5. The summed E-state index contributed by atoms with van der Waals surface area (Å²) >= 11 is 0. The molecule has 0 saturated carbocycles. The van der Waals surface area contributed by atoms with Crippen molar-refractivity contribution in [1.82, 2.24) is 9.80 Å². The predicted octanol–water partition coefficient (Wildman–Crippen LogP) is 1.38. The van der Waals surface area contributed by atoms with Crippen molar-refractivity contribution < 1.29 is 14.3 Å². The Hall–Kier alpha value is -1.79. The zero-order valence-corrected chi connectivity index (χ0v) is 15.2. The number of carbonyl (C=O) groups excluding carboxylic acids is 2. The summed E-state index contributed by atoms with van der Waals surface area (Å²) in [6.07, 6.45) is 0. The summed E-state index contributed by atoms with van der Waals surface area (Å²) in [6, 6.07) is 6.95. The van der Waals surface area contributed by atoms with Gasteiger partial charge in [-0.25, -0.2) is 0 Å². The Morgan fingerprint density at radius 2 is 1.71 bits per heavy atom. The number of carbonyl (C=O) groups is 2. The van der Waals surface area contributed by atoms with E-state index in [1.54, 1.807) is 35.1 Å². The van der Waals surface area contributed by atoms with Gasteiger partial charge in [-0.1, -0.05) is 13.0 Å². The molecule has 2 amide bonds. The van der Waals surface area contributed by atoms with Crippen molar-refractivity contribution >= 4 is 24.2 Å². The van der Waals surface area contributed by atoms with Gasteiger partial charge in [0.2, 0.25) is 5.91 Å². The minimum atomic E-state index is -0.198. The van der Waals surface area contributed by atoms with Crippen molar-refractivity contribution in [3.8, 4) is 5.75 Å². The third-order valence-corrected chi connectivity index (χ3v) is 4.37. The Kier molecular flexibility index (Phi) is 7.51. The van der Waals surface area contributed by atoms with E-state index in [0.29, 0.717) is 37.5 Å². The first-order chi connectivity index (χ1) is 10.9. The molecule has 0 aliphatic carbocycles. The highest BCUT2D eigenvalue weighted by Crippen LogP contribution is 2.16. The second-order valence-corrected chi connectivity index (χ2v) is 6.00. The van der Waals surface area contributed by atoms with E-state index in [1.807, 2.05) is 19.9 Å². The molecular weight excluding hydrogens is 330 g/mol. The van der Waals surface area contributed by atoms with Gasteiger partial charge in [-0.15, -0.1) is 12.4 Å². The van der Waals surface area contributed by atoms with Gasteiger partial charge in [-0.3, -0.25) is 9.59 Å². The second-order valence-electron chi connectivity index (χ2n) is 6.00. The SMILES string of the molecule is COc1cccc(C(=O)N2CCN(C(=O)C(C)C(C)N)CC2)c1.Cl. The molecule has 6 nitrogen and oxygen atoms in total. The molecule has 1 aliphatic rings. The Balaban J connectivity index is 0.00000288. The quantitative estimate of drug-likeness (QED) is 0.885. The zero-order chi connectivity index (χ0) is 17.0. The van der Waals surface area contributed by atoms with Crippen molar-refractivity contribution in [2.24, 2.45) is 11.7 Å². The molecule has 2 unspecified atom stereocenters. The maximum atomic E-state index is 12.5. The van der Waals surface area contributed by atoms with Crippen molar-refractivity contribution in [1.29, 1.82) is 0 Å². The number of hydrogen-bond donors (Lipinski definition) is 1. The molecule has 7 heteroatoms. The first-order valence-electron chi connectivity index (χ1n) is 7.91. The summed E-state index contributed by atoms with van der Waals surface area (Å²) in [4.78, 5) is 28.4. The number of nitrogens with zero attached hydrogens (tertiary/aromatic N) is 2. The fraction of sp³-hybridized carbons (Fsp3) is 0.529. The Morgan fingerprint density at radius 1 is 1.12 bits per heavy atom. The smallest absolute Gasteiger partial charge is 0.254 e. The molecule has 0 bridgehead atoms. The lowest BCUT2D eigenvalue weighted by Crippen LogP contribution is -2.53. The number of piperazine rings is 1. The number of amides is 2. The molecule has 0 aromatic heterocycles. The lowest BCUT2D eigenvalue weighted by Gasteiger charge is -2.36. The van der Waals surface area contributed by atoms with Crippen LogP contribution in [0.3, 0.4) is 0 Å². The summed E-state index contributed by atoms with van der Waals surface area (Å²) in [7, 11) is 1.58. The minimum Gasteiger partial charge on any atom is -0.497 e. The van der Waals surface area contributed by atoms with Crippen molar-refractivity contribution in [2.75, 3.05) is 33.3 Å². The zero-order valence-electron chi connectivity index (χ0n) is 14.4. The first kappa shape index (κ1) is 20.3. The average Bonchev–Trinajstić information content (AvgIpc) is 2.59. The lowest BCUT2D eigenvalue weighted by molar-refractivity contribution is -0.137. The van der Waals surface area contributed by atoms with Gasteiger partial charge in [0.25, 0.3) is 5.91 Å². The van der Waals surface area contributed by atoms with Crippen LogP contribution in [0.25, 0.3) is 0 Å². The van der Waals surface area contributed by atoms with Gasteiger partial charge in [-0.05, 0) is 25.1 Å². The van der Waals surface area contributed by atoms with Gasteiger partial charge in [0.05, 0.1) is 13.0 Å². The molecule has 0 radical (unpaired) electrons. The third-order valence-electron chi connectivity index (χ3n) is 4.37. The normalized spacial score (nSPS) is 16.8. The van der Waals surface area contributed by atoms with E-state index in [2.05, 4.69) is 0 Å². The molecule has 1 aliphatic heterocycles. The summed E-state index contributed by atoms with van der Waals surface area (Å²) in [5, 5.41) is 0. The van der Waals surface area contributed by atoms with Gasteiger partial charge in [0, 0.05) is 37.8 Å². The Morgan fingerprint density at radius 3 is 2.25 bits per heavy atom. The highest BCUT2D eigenvalue weighted by molar-refractivity contribution is 5.94. The number of hydrogen-bond acceptors (Lipinski definition) is 4. The van der Waals surface area contributed by atoms with Crippen LogP contribution in [-0.2, 0) is 4.79 Å². The topological polar surface area (TPSA) is 75.9 Å². The van der Waals surface area contributed by atoms with Crippen LogP contribution >= 0.6 is 12.4 Å². The number of halogens is 1. The molecule has 134 valence electrons. The molecular formula is C17H26ClN3O3. The third kappa shape index (κ3) is 4.61. The summed E-state index contributed by atoms with van der Waals surface area (Å²) < 4.78 is 5.15.